The molecule has 0 radical (unpaired) electrons. The predicted molar refractivity (Wildman–Crippen MR) is 86.9 cm³/mol. The molecule has 2 rings (SSSR count). The Kier molecular flexibility index (Phi) is 5.28. The zero-order valence-corrected chi connectivity index (χ0v) is 13.5. The molecule has 1 atom stereocenters. The first-order chi connectivity index (χ1) is 10.6. The lowest BCUT2D eigenvalue weighted by Crippen LogP contribution is -2.27. The van der Waals surface area contributed by atoms with E-state index in [1.165, 1.54) is 14.2 Å². The normalized spacial score (nSPS) is 11.6. The van der Waals surface area contributed by atoms with Gasteiger partial charge in [0.2, 0.25) is 0 Å². The lowest BCUT2D eigenvalue weighted by Gasteiger charge is -2.17. The number of carbonyl (C=O) groups excluding carboxylic acids is 1. The summed E-state index contributed by atoms with van der Waals surface area (Å²) in [5, 5.41) is 3.60. The zero-order valence-electron chi connectivity index (χ0n) is 12.7. The predicted octanol–water partition coefficient (Wildman–Crippen LogP) is 3.85. The molecule has 0 aliphatic heterocycles. The molecule has 4 nitrogen and oxygen atoms in total. The molecule has 2 aromatic rings. The van der Waals surface area contributed by atoms with Crippen LogP contribution < -0.4 is 14.8 Å². The smallest absolute Gasteiger partial charge is 0.259 e. The van der Waals surface area contributed by atoms with Crippen LogP contribution in [0.15, 0.2) is 42.5 Å². The van der Waals surface area contributed by atoms with Crippen molar-refractivity contribution in [1.82, 2.24) is 5.32 Å². The fraction of sp³-hybridized carbons (Fsp3) is 0.235. The summed E-state index contributed by atoms with van der Waals surface area (Å²) in [4.78, 5) is 12.6. The number of hydrogen-bond acceptors (Lipinski definition) is 3. The second-order valence-electron chi connectivity index (χ2n) is 4.78. The Balaban J connectivity index is 2.23. The van der Waals surface area contributed by atoms with Crippen molar-refractivity contribution >= 4 is 17.5 Å². The second kappa shape index (κ2) is 7.18. The van der Waals surface area contributed by atoms with Gasteiger partial charge < -0.3 is 14.8 Å². The van der Waals surface area contributed by atoms with Gasteiger partial charge in [-0.05, 0) is 36.8 Å². The van der Waals surface area contributed by atoms with E-state index in [-0.39, 0.29) is 11.9 Å². The molecule has 0 saturated carbocycles. The Bertz CT molecular complexity index is 633. The quantitative estimate of drug-likeness (QED) is 0.910. The van der Waals surface area contributed by atoms with Crippen LogP contribution in [0, 0.1) is 0 Å². The minimum absolute atomic E-state index is 0.167. The van der Waals surface area contributed by atoms with Crippen LogP contribution in [0.5, 0.6) is 11.5 Å². The molecule has 1 N–H and O–H groups in total. The highest BCUT2D eigenvalue weighted by Crippen LogP contribution is 2.28. The molecule has 1 unspecified atom stereocenters. The van der Waals surface area contributed by atoms with Crippen molar-refractivity contribution in [1.29, 1.82) is 0 Å². The van der Waals surface area contributed by atoms with Crippen molar-refractivity contribution < 1.29 is 14.3 Å². The van der Waals surface area contributed by atoms with Crippen molar-refractivity contribution in [2.24, 2.45) is 0 Å². The van der Waals surface area contributed by atoms with Gasteiger partial charge in [0.05, 0.1) is 20.3 Å². The second-order valence-corrected chi connectivity index (χ2v) is 5.22. The third kappa shape index (κ3) is 3.52. The van der Waals surface area contributed by atoms with E-state index in [2.05, 4.69) is 5.32 Å². The molecule has 22 heavy (non-hydrogen) atoms. The number of halogens is 1. The summed E-state index contributed by atoms with van der Waals surface area (Å²) in [6.45, 7) is 1.91. The fourth-order valence-corrected chi connectivity index (χ4v) is 2.30. The van der Waals surface area contributed by atoms with Gasteiger partial charge in [0.25, 0.3) is 5.91 Å². The third-order valence-corrected chi connectivity index (χ3v) is 3.62. The van der Waals surface area contributed by atoms with Crippen molar-refractivity contribution in [2.75, 3.05) is 14.2 Å². The minimum Gasteiger partial charge on any atom is -0.496 e. The molecule has 0 aromatic heterocycles. The fourth-order valence-electron chi connectivity index (χ4n) is 2.18. The van der Waals surface area contributed by atoms with E-state index < -0.39 is 0 Å². The average molecular weight is 320 g/mol. The summed E-state index contributed by atoms with van der Waals surface area (Å²) in [6.07, 6.45) is 0. The number of ether oxygens (including phenoxy) is 2. The van der Waals surface area contributed by atoms with E-state index in [9.17, 15) is 4.79 Å². The van der Waals surface area contributed by atoms with Crippen molar-refractivity contribution in [3.63, 3.8) is 0 Å². The molecule has 0 fully saturated rings. The molecular formula is C17H18ClNO3. The number of rotatable bonds is 5. The Morgan fingerprint density at radius 1 is 1.05 bits per heavy atom. The summed E-state index contributed by atoms with van der Waals surface area (Å²) in [7, 11) is 3.04. The van der Waals surface area contributed by atoms with E-state index in [0.717, 1.165) is 5.56 Å². The molecule has 1 amide bonds. The third-order valence-electron chi connectivity index (χ3n) is 3.37. The zero-order chi connectivity index (χ0) is 16.1. The Morgan fingerprint density at radius 3 is 2.09 bits per heavy atom. The van der Waals surface area contributed by atoms with Crippen LogP contribution in [0.1, 0.15) is 28.9 Å². The van der Waals surface area contributed by atoms with Gasteiger partial charge >= 0.3 is 0 Å². The highest BCUT2D eigenvalue weighted by atomic mass is 35.5. The maximum Gasteiger partial charge on any atom is 0.259 e. The Labute approximate surface area is 135 Å². The van der Waals surface area contributed by atoms with E-state index >= 15 is 0 Å². The van der Waals surface area contributed by atoms with Crippen LogP contribution in [-0.2, 0) is 0 Å². The number of amides is 1. The van der Waals surface area contributed by atoms with Crippen molar-refractivity contribution in [2.45, 2.75) is 13.0 Å². The first-order valence-electron chi connectivity index (χ1n) is 6.84. The number of methoxy groups -OCH3 is 2. The summed E-state index contributed by atoms with van der Waals surface area (Å²) >= 11 is 5.88. The average Bonchev–Trinajstić information content (AvgIpc) is 2.54. The van der Waals surface area contributed by atoms with E-state index in [1.807, 2.05) is 19.1 Å². The monoisotopic (exact) mass is 319 g/mol. The highest BCUT2D eigenvalue weighted by molar-refractivity contribution is 6.30. The van der Waals surface area contributed by atoms with Crippen LogP contribution in [0.4, 0.5) is 0 Å². The van der Waals surface area contributed by atoms with Gasteiger partial charge in [0, 0.05) is 5.02 Å². The first kappa shape index (κ1) is 16.2. The number of nitrogens with one attached hydrogen (secondary N) is 1. The lowest BCUT2D eigenvalue weighted by atomic mass is 10.1. The molecule has 116 valence electrons. The Morgan fingerprint density at radius 2 is 1.59 bits per heavy atom. The SMILES string of the molecule is COc1cccc(OC)c1C(=O)NC(C)c1ccc(Cl)cc1. The Hall–Kier alpha value is -2.20. The van der Waals surface area contributed by atoms with Gasteiger partial charge in [-0.1, -0.05) is 29.8 Å². The van der Waals surface area contributed by atoms with Gasteiger partial charge in [-0.3, -0.25) is 4.79 Å². The number of hydrogen-bond donors (Lipinski definition) is 1. The molecule has 0 aliphatic rings. The topological polar surface area (TPSA) is 47.6 Å². The molecular weight excluding hydrogens is 302 g/mol. The van der Waals surface area contributed by atoms with Gasteiger partial charge in [0.1, 0.15) is 17.1 Å². The van der Waals surface area contributed by atoms with Crippen LogP contribution in [0.2, 0.25) is 5.02 Å². The van der Waals surface area contributed by atoms with Gasteiger partial charge in [-0.25, -0.2) is 0 Å². The van der Waals surface area contributed by atoms with Crippen LogP contribution in [0.3, 0.4) is 0 Å². The summed E-state index contributed by atoms with van der Waals surface area (Å²) < 4.78 is 10.5. The molecule has 0 aliphatic carbocycles. The first-order valence-corrected chi connectivity index (χ1v) is 7.22. The van der Waals surface area contributed by atoms with Crippen LogP contribution in [0.25, 0.3) is 0 Å². The van der Waals surface area contributed by atoms with Crippen molar-refractivity contribution in [3.05, 3.63) is 58.6 Å². The van der Waals surface area contributed by atoms with Gasteiger partial charge in [-0.2, -0.15) is 0 Å². The molecule has 0 bridgehead atoms. The van der Waals surface area contributed by atoms with E-state index in [0.29, 0.717) is 22.1 Å². The maximum absolute atomic E-state index is 12.6. The van der Waals surface area contributed by atoms with Gasteiger partial charge in [0.15, 0.2) is 0 Å². The van der Waals surface area contributed by atoms with E-state index in [4.69, 9.17) is 21.1 Å². The lowest BCUT2D eigenvalue weighted by molar-refractivity contribution is 0.0933. The highest BCUT2D eigenvalue weighted by Gasteiger charge is 2.20. The molecule has 5 heteroatoms. The molecule has 0 spiro atoms. The number of carbonyl (C=O) groups is 1. The molecule has 0 saturated heterocycles. The minimum atomic E-state index is -0.253. The maximum atomic E-state index is 12.6. The van der Waals surface area contributed by atoms with Gasteiger partial charge in [-0.15, -0.1) is 0 Å². The standard InChI is InChI=1S/C17H18ClNO3/c1-11(12-7-9-13(18)10-8-12)19-17(20)16-14(21-2)5-4-6-15(16)22-3/h4-11H,1-3H3,(H,19,20). The summed E-state index contributed by atoms with van der Waals surface area (Å²) in [5.41, 5.74) is 1.35. The molecule has 0 heterocycles. The molecule has 2 aromatic carbocycles. The van der Waals surface area contributed by atoms with Crippen LogP contribution >= 0.6 is 11.6 Å². The summed E-state index contributed by atoms with van der Waals surface area (Å²) in [6, 6.07) is 12.4. The largest absolute Gasteiger partial charge is 0.496 e. The summed E-state index contributed by atoms with van der Waals surface area (Å²) in [5.74, 6) is 0.692. The van der Waals surface area contributed by atoms with E-state index in [1.54, 1.807) is 30.3 Å². The van der Waals surface area contributed by atoms with Crippen molar-refractivity contribution in [3.8, 4) is 11.5 Å². The number of benzene rings is 2. The van der Waals surface area contributed by atoms with Crippen LogP contribution in [-0.4, -0.2) is 20.1 Å².